The van der Waals surface area contributed by atoms with Crippen LogP contribution in [-0.2, 0) is 11.3 Å². The first-order chi connectivity index (χ1) is 20.1. The quantitative estimate of drug-likeness (QED) is 0.327. The molecule has 2 heterocycles. The topological polar surface area (TPSA) is 71.2 Å². The lowest BCUT2D eigenvalue weighted by Crippen LogP contribution is -2.37. The number of anilines is 1. The van der Waals surface area contributed by atoms with Gasteiger partial charge in [-0.3, -0.25) is 9.69 Å². The third-order valence-electron chi connectivity index (χ3n) is 7.59. The average Bonchev–Trinajstić information content (AvgIpc) is 3.43. The minimum Gasteiger partial charge on any atom is -0.497 e. The molecule has 0 aromatic heterocycles. The number of nitrogens with two attached hydrogens (primary N) is 1. The number of benzene rings is 3. The van der Waals surface area contributed by atoms with Crippen molar-refractivity contribution in [3.8, 4) is 16.9 Å². The van der Waals surface area contributed by atoms with E-state index in [1.165, 1.54) is 44.2 Å². The zero-order valence-electron chi connectivity index (χ0n) is 23.3. The van der Waals surface area contributed by atoms with Crippen LogP contribution in [0.25, 0.3) is 11.1 Å². The predicted molar refractivity (Wildman–Crippen MR) is 155 cm³/mol. The Balaban J connectivity index is 1.48. The van der Waals surface area contributed by atoms with Crippen LogP contribution >= 0.6 is 0 Å². The van der Waals surface area contributed by atoms with Gasteiger partial charge in [0.2, 0.25) is 0 Å². The molecule has 3 aromatic carbocycles. The van der Waals surface area contributed by atoms with E-state index in [1.807, 2.05) is 24.3 Å². The fourth-order valence-corrected chi connectivity index (χ4v) is 5.41. The van der Waals surface area contributed by atoms with Crippen LogP contribution in [0.3, 0.4) is 0 Å². The molecule has 2 fully saturated rings. The number of nitrogens with zero attached hydrogens (tertiary/aromatic N) is 3. The van der Waals surface area contributed by atoms with Crippen molar-refractivity contribution in [2.24, 2.45) is 10.7 Å². The minimum absolute atomic E-state index is 0.00328. The molecule has 10 heteroatoms. The molecule has 1 amide bonds. The van der Waals surface area contributed by atoms with Crippen molar-refractivity contribution < 1.29 is 27.1 Å². The van der Waals surface area contributed by atoms with Crippen LogP contribution in [0.2, 0.25) is 0 Å². The van der Waals surface area contributed by atoms with Crippen molar-refractivity contribution in [2.75, 3.05) is 31.6 Å². The fourth-order valence-electron chi connectivity index (χ4n) is 5.41. The molecule has 0 aliphatic carbocycles. The zero-order chi connectivity index (χ0) is 29.9. The molecule has 0 bridgehead atoms. The van der Waals surface area contributed by atoms with E-state index in [-0.39, 0.29) is 30.8 Å². The van der Waals surface area contributed by atoms with Crippen LogP contribution in [-0.4, -0.2) is 49.4 Å². The first kappa shape index (κ1) is 29.3. The maximum atomic E-state index is 15.7. The van der Waals surface area contributed by atoms with Gasteiger partial charge >= 0.3 is 6.18 Å². The monoisotopic (exact) mass is 580 g/mol. The molecule has 2 aliphatic heterocycles. The number of amides is 1. The molecule has 220 valence electrons. The van der Waals surface area contributed by atoms with E-state index in [0.29, 0.717) is 11.3 Å². The summed E-state index contributed by atoms with van der Waals surface area (Å²) in [6.07, 6.45) is -2.49. The Labute approximate surface area is 242 Å². The summed E-state index contributed by atoms with van der Waals surface area (Å²) in [5.41, 5.74) is 6.06. The van der Waals surface area contributed by atoms with Gasteiger partial charge in [-0.15, -0.1) is 0 Å². The van der Waals surface area contributed by atoms with Gasteiger partial charge in [-0.2, -0.15) is 13.2 Å². The van der Waals surface area contributed by atoms with Crippen LogP contribution < -0.4 is 15.4 Å². The molecule has 0 atom stereocenters. The van der Waals surface area contributed by atoms with E-state index in [1.54, 1.807) is 18.2 Å². The Kier molecular flexibility index (Phi) is 8.63. The fraction of sp³-hybridized carbons (Fsp3) is 0.312. The smallest absolute Gasteiger partial charge is 0.431 e. The summed E-state index contributed by atoms with van der Waals surface area (Å²) in [6.45, 7) is 2.94. The third kappa shape index (κ3) is 6.49. The molecule has 0 radical (unpaired) electrons. The van der Waals surface area contributed by atoms with E-state index in [2.05, 4.69) is 9.89 Å². The van der Waals surface area contributed by atoms with Gasteiger partial charge in [-0.1, -0.05) is 24.3 Å². The lowest BCUT2D eigenvalue weighted by molar-refractivity contribution is -0.112. The summed E-state index contributed by atoms with van der Waals surface area (Å²) < 4.78 is 61.9. The molecule has 0 spiro atoms. The van der Waals surface area contributed by atoms with Crippen molar-refractivity contribution in [2.45, 2.75) is 38.4 Å². The normalized spacial score (nSPS) is 18.8. The highest BCUT2D eigenvalue weighted by Crippen LogP contribution is 2.34. The molecule has 3 aromatic rings. The summed E-state index contributed by atoms with van der Waals surface area (Å²) in [7, 11) is 1.48. The Morgan fingerprint density at radius 1 is 0.952 bits per heavy atom. The van der Waals surface area contributed by atoms with Gasteiger partial charge in [0.15, 0.2) is 0 Å². The Hall–Kier alpha value is -4.18. The number of ether oxygens (including phenoxy) is 1. The van der Waals surface area contributed by atoms with Crippen molar-refractivity contribution in [3.05, 3.63) is 89.4 Å². The Morgan fingerprint density at radius 2 is 1.67 bits per heavy atom. The lowest BCUT2D eigenvalue weighted by Gasteiger charge is -2.22. The second kappa shape index (κ2) is 12.4. The van der Waals surface area contributed by atoms with Gasteiger partial charge < -0.3 is 15.4 Å². The van der Waals surface area contributed by atoms with Gasteiger partial charge in [0.25, 0.3) is 5.91 Å². The van der Waals surface area contributed by atoms with Crippen molar-refractivity contribution in [1.29, 1.82) is 0 Å². The van der Waals surface area contributed by atoms with E-state index in [4.69, 9.17) is 10.5 Å². The highest BCUT2D eigenvalue weighted by Gasteiger charge is 2.39. The van der Waals surface area contributed by atoms with Crippen LogP contribution in [0, 0.1) is 5.82 Å². The van der Waals surface area contributed by atoms with Gasteiger partial charge in [-0.25, -0.2) is 9.38 Å². The number of methoxy groups -OCH3 is 1. The molecule has 2 saturated heterocycles. The summed E-state index contributed by atoms with van der Waals surface area (Å²) in [5, 5.41) is 0. The summed E-state index contributed by atoms with van der Waals surface area (Å²) in [5.74, 6) is -1.00. The predicted octanol–water partition coefficient (Wildman–Crippen LogP) is 6.77. The summed E-state index contributed by atoms with van der Waals surface area (Å²) in [6, 6.07) is 18.6. The van der Waals surface area contributed by atoms with Crippen molar-refractivity contribution in [3.63, 3.8) is 0 Å². The molecule has 0 saturated carbocycles. The van der Waals surface area contributed by atoms with Crippen LogP contribution in [0.5, 0.6) is 5.75 Å². The number of carbonyl (C=O) groups is 1. The maximum Gasteiger partial charge on any atom is 0.431 e. The number of halogens is 4. The second-order valence-corrected chi connectivity index (χ2v) is 10.5. The maximum absolute atomic E-state index is 15.7. The highest BCUT2D eigenvalue weighted by molar-refractivity contribution is 6.50. The van der Waals surface area contributed by atoms with E-state index in [9.17, 15) is 18.0 Å². The largest absolute Gasteiger partial charge is 0.497 e. The minimum atomic E-state index is -4.86. The van der Waals surface area contributed by atoms with Gasteiger partial charge in [0.05, 0.1) is 18.5 Å². The van der Waals surface area contributed by atoms with Crippen molar-refractivity contribution in [1.82, 2.24) is 4.90 Å². The second-order valence-electron chi connectivity index (χ2n) is 10.5. The van der Waals surface area contributed by atoms with Crippen molar-refractivity contribution >= 4 is 23.0 Å². The van der Waals surface area contributed by atoms with Crippen LogP contribution in [0.1, 0.15) is 31.2 Å². The Morgan fingerprint density at radius 3 is 2.33 bits per heavy atom. The summed E-state index contributed by atoms with van der Waals surface area (Å²) in [4.78, 5) is 21.6. The molecule has 42 heavy (non-hydrogen) atoms. The SMILES string of the molecule is COc1ccc(N=C2C(=O)N(c3ccc(-c4cccc(CN5CCCC5)c4)cc3F)CCCC2=C(N)C(F)(F)F)cc1. The molecule has 2 N–H and O–H groups in total. The zero-order valence-corrected chi connectivity index (χ0v) is 23.3. The highest BCUT2D eigenvalue weighted by atomic mass is 19.4. The number of hydrogen-bond donors (Lipinski definition) is 1. The molecule has 6 nitrogen and oxygen atoms in total. The molecular weight excluding hydrogens is 548 g/mol. The average molecular weight is 581 g/mol. The number of allylic oxidation sites excluding steroid dienone is 1. The van der Waals surface area contributed by atoms with Crippen LogP contribution in [0.4, 0.5) is 28.9 Å². The molecule has 0 unspecified atom stereocenters. The number of likely N-dealkylation sites (tertiary alicyclic amines) is 1. The van der Waals surface area contributed by atoms with E-state index >= 15 is 4.39 Å². The number of aliphatic imine (C=N–C) groups is 1. The lowest BCUT2D eigenvalue weighted by atomic mass is 10.0. The van der Waals surface area contributed by atoms with E-state index in [0.717, 1.165) is 35.7 Å². The molecule has 5 rings (SSSR count). The molecule has 2 aliphatic rings. The number of hydrogen-bond acceptors (Lipinski definition) is 5. The molecular formula is C32H32F4N4O2. The van der Waals surface area contributed by atoms with Gasteiger partial charge in [-0.05, 0) is 97.9 Å². The Bertz CT molecular complexity index is 1510. The van der Waals surface area contributed by atoms with E-state index < -0.39 is 34.9 Å². The number of alkyl halides is 3. The van der Waals surface area contributed by atoms with Gasteiger partial charge in [0, 0.05) is 18.7 Å². The van der Waals surface area contributed by atoms with Gasteiger partial charge in [0.1, 0.15) is 23.0 Å². The number of rotatable bonds is 6. The summed E-state index contributed by atoms with van der Waals surface area (Å²) >= 11 is 0. The first-order valence-corrected chi connectivity index (χ1v) is 13.9. The standard InChI is InChI=1S/C32H32F4N4O2/c1-42-25-12-10-24(11-13-25)38-29-26(30(37)32(34,35)36)8-5-17-40(31(29)41)28-14-9-23(19-27(28)33)22-7-4-6-21(18-22)20-39-15-2-3-16-39/h4,6-7,9-14,18-19H,2-3,5,8,15-17,20,37H2,1H3. The third-order valence-corrected chi connectivity index (χ3v) is 7.59. The number of carbonyl (C=O) groups excluding carboxylic acids is 1. The van der Waals surface area contributed by atoms with Crippen LogP contribution in [0.15, 0.2) is 83.0 Å². The first-order valence-electron chi connectivity index (χ1n) is 13.9.